The fourth-order valence-corrected chi connectivity index (χ4v) is 4.32. The van der Waals surface area contributed by atoms with Crippen molar-refractivity contribution in [2.45, 2.75) is 12.8 Å². The molecule has 24 heavy (non-hydrogen) atoms. The summed E-state index contributed by atoms with van der Waals surface area (Å²) in [5.74, 6) is 2.61. The fraction of sp³-hybridized carbons (Fsp3) is 0.389. The standard InChI is InChI=1S/C18H19N3O2S/c1-23-15-6-4-12(5-7-15)16-17(24-21-20-16)18(22)19-10-14-9-11-2-3-13(14)8-11/h2-7,11,13-14H,8-10H2,1H3,(H,19,22). The number of benzene rings is 1. The number of aromatic nitrogens is 2. The second-order valence-corrected chi connectivity index (χ2v) is 7.18. The number of nitrogens with one attached hydrogen (secondary N) is 1. The summed E-state index contributed by atoms with van der Waals surface area (Å²) in [5, 5.41) is 7.21. The van der Waals surface area contributed by atoms with Crippen molar-refractivity contribution in [3.63, 3.8) is 0 Å². The van der Waals surface area contributed by atoms with Crippen molar-refractivity contribution >= 4 is 17.4 Å². The molecule has 0 aliphatic heterocycles. The molecule has 0 radical (unpaired) electrons. The summed E-state index contributed by atoms with van der Waals surface area (Å²) in [6, 6.07) is 7.51. The third-order valence-electron chi connectivity index (χ3n) is 5.00. The van der Waals surface area contributed by atoms with Crippen molar-refractivity contribution < 1.29 is 9.53 Å². The molecule has 2 bridgehead atoms. The van der Waals surface area contributed by atoms with Gasteiger partial charge >= 0.3 is 0 Å². The summed E-state index contributed by atoms with van der Waals surface area (Å²) in [7, 11) is 1.63. The van der Waals surface area contributed by atoms with Gasteiger partial charge < -0.3 is 10.1 Å². The highest BCUT2D eigenvalue weighted by Gasteiger charge is 2.35. The molecule has 1 aromatic heterocycles. The van der Waals surface area contributed by atoms with E-state index in [1.807, 2.05) is 24.3 Å². The van der Waals surface area contributed by atoms with Gasteiger partial charge in [-0.05, 0) is 66.4 Å². The zero-order valence-electron chi connectivity index (χ0n) is 13.4. The van der Waals surface area contributed by atoms with E-state index in [2.05, 4.69) is 27.1 Å². The lowest BCUT2D eigenvalue weighted by molar-refractivity contribution is 0.0949. The first kappa shape index (κ1) is 15.3. The molecular formula is C18H19N3O2S. The van der Waals surface area contributed by atoms with Gasteiger partial charge in [-0.25, -0.2) is 0 Å². The van der Waals surface area contributed by atoms with Crippen LogP contribution in [0, 0.1) is 17.8 Å². The van der Waals surface area contributed by atoms with E-state index in [9.17, 15) is 4.79 Å². The molecule has 2 aromatic rings. The van der Waals surface area contributed by atoms with Gasteiger partial charge in [0.2, 0.25) is 0 Å². The molecule has 0 saturated heterocycles. The lowest BCUT2D eigenvalue weighted by Crippen LogP contribution is -2.30. The van der Waals surface area contributed by atoms with E-state index in [1.54, 1.807) is 7.11 Å². The van der Waals surface area contributed by atoms with Crippen LogP contribution < -0.4 is 10.1 Å². The Morgan fingerprint density at radius 1 is 1.29 bits per heavy atom. The molecule has 3 unspecified atom stereocenters. The van der Waals surface area contributed by atoms with Crippen LogP contribution >= 0.6 is 11.5 Å². The fourth-order valence-electron chi connectivity index (χ4n) is 3.71. The van der Waals surface area contributed by atoms with Crippen molar-refractivity contribution in [1.82, 2.24) is 14.9 Å². The van der Waals surface area contributed by atoms with E-state index in [-0.39, 0.29) is 5.91 Å². The van der Waals surface area contributed by atoms with Crippen LogP contribution in [0.3, 0.4) is 0 Å². The van der Waals surface area contributed by atoms with Gasteiger partial charge in [0.1, 0.15) is 16.3 Å². The van der Waals surface area contributed by atoms with E-state index in [1.165, 1.54) is 12.8 Å². The van der Waals surface area contributed by atoms with E-state index < -0.39 is 0 Å². The number of hydrogen-bond donors (Lipinski definition) is 1. The van der Waals surface area contributed by atoms with Gasteiger partial charge in [0.15, 0.2) is 0 Å². The van der Waals surface area contributed by atoms with E-state index in [0.717, 1.165) is 35.3 Å². The summed E-state index contributed by atoms with van der Waals surface area (Å²) < 4.78 is 9.13. The SMILES string of the molecule is COc1ccc(-c2nnsc2C(=O)NCC2CC3C=CC2C3)cc1. The van der Waals surface area contributed by atoms with E-state index >= 15 is 0 Å². The topological polar surface area (TPSA) is 64.1 Å². The monoisotopic (exact) mass is 341 g/mol. The van der Waals surface area contributed by atoms with Gasteiger partial charge in [-0.2, -0.15) is 0 Å². The molecular weight excluding hydrogens is 322 g/mol. The minimum absolute atomic E-state index is 0.0810. The summed E-state index contributed by atoms with van der Waals surface area (Å²) in [6.45, 7) is 0.726. The van der Waals surface area contributed by atoms with Crippen LogP contribution in [0.2, 0.25) is 0 Å². The summed E-state index contributed by atoms with van der Waals surface area (Å²) in [6.07, 6.45) is 7.06. The maximum Gasteiger partial charge on any atom is 0.265 e. The van der Waals surface area contributed by atoms with Crippen LogP contribution in [-0.4, -0.2) is 29.1 Å². The number of methoxy groups -OCH3 is 1. The average molecular weight is 341 g/mol. The Morgan fingerprint density at radius 3 is 2.79 bits per heavy atom. The number of hydrogen-bond acceptors (Lipinski definition) is 5. The summed E-state index contributed by atoms with van der Waals surface area (Å²) in [4.78, 5) is 13.1. The van der Waals surface area contributed by atoms with Gasteiger partial charge in [-0.1, -0.05) is 16.6 Å². The molecule has 3 atom stereocenters. The Morgan fingerprint density at radius 2 is 2.12 bits per heavy atom. The summed E-state index contributed by atoms with van der Waals surface area (Å²) >= 11 is 1.14. The number of carbonyl (C=O) groups is 1. The minimum atomic E-state index is -0.0810. The first-order chi connectivity index (χ1) is 11.7. The smallest absolute Gasteiger partial charge is 0.265 e. The molecule has 5 nitrogen and oxygen atoms in total. The maximum atomic E-state index is 12.6. The Hall–Kier alpha value is -2.21. The molecule has 6 heteroatoms. The van der Waals surface area contributed by atoms with Gasteiger partial charge in [0.05, 0.1) is 7.11 Å². The van der Waals surface area contributed by atoms with Crippen molar-refractivity contribution in [3.05, 3.63) is 41.3 Å². The number of nitrogens with zero attached hydrogens (tertiary/aromatic N) is 2. The molecule has 124 valence electrons. The third-order valence-corrected chi connectivity index (χ3v) is 5.72. The normalized spacial score (nSPS) is 24.3. The molecule has 1 fully saturated rings. The lowest BCUT2D eigenvalue weighted by Gasteiger charge is -2.18. The molecule has 2 aliphatic rings. The van der Waals surface area contributed by atoms with E-state index in [4.69, 9.17) is 4.74 Å². The van der Waals surface area contributed by atoms with Crippen molar-refractivity contribution in [2.24, 2.45) is 17.8 Å². The zero-order valence-corrected chi connectivity index (χ0v) is 14.3. The highest BCUT2D eigenvalue weighted by molar-refractivity contribution is 7.08. The predicted octanol–water partition coefficient (Wildman–Crippen LogP) is 3.16. The number of allylic oxidation sites excluding steroid dienone is 2. The quantitative estimate of drug-likeness (QED) is 0.849. The van der Waals surface area contributed by atoms with Crippen LogP contribution in [0.15, 0.2) is 36.4 Å². The highest BCUT2D eigenvalue weighted by Crippen LogP contribution is 2.43. The molecule has 1 N–H and O–H groups in total. The number of ether oxygens (including phenoxy) is 1. The van der Waals surface area contributed by atoms with Gasteiger partial charge in [-0.3, -0.25) is 4.79 Å². The number of amides is 1. The van der Waals surface area contributed by atoms with Crippen molar-refractivity contribution in [2.75, 3.05) is 13.7 Å². The van der Waals surface area contributed by atoms with Crippen LogP contribution in [0.4, 0.5) is 0 Å². The molecule has 1 aromatic carbocycles. The predicted molar refractivity (Wildman–Crippen MR) is 93.1 cm³/mol. The molecule has 1 saturated carbocycles. The second kappa shape index (κ2) is 6.36. The van der Waals surface area contributed by atoms with Gasteiger partial charge in [0.25, 0.3) is 5.91 Å². The molecule has 2 aliphatic carbocycles. The van der Waals surface area contributed by atoms with Crippen LogP contribution in [-0.2, 0) is 0 Å². The molecule has 1 amide bonds. The van der Waals surface area contributed by atoms with Gasteiger partial charge in [-0.15, -0.1) is 5.10 Å². The van der Waals surface area contributed by atoms with Gasteiger partial charge in [0, 0.05) is 12.1 Å². The third kappa shape index (κ3) is 2.82. The largest absolute Gasteiger partial charge is 0.497 e. The van der Waals surface area contributed by atoms with Crippen LogP contribution in [0.5, 0.6) is 5.75 Å². The van der Waals surface area contributed by atoms with Crippen molar-refractivity contribution in [3.8, 4) is 17.0 Å². The molecule has 4 rings (SSSR count). The number of rotatable bonds is 5. The first-order valence-electron chi connectivity index (χ1n) is 8.18. The lowest BCUT2D eigenvalue weighted by atomic mass is 9.93. The Balaban J connectivity index is 1.45. The highest BCUT2D eigenvalue weighted by atomic mass is 32.1. The average Bonchev–Trinajstić information content (AvgIpc) is 3.35. The Bertz CT molecular complexity index is 769. The van der Waals surface area contributed by atoms with Crippen LogP contribution in [0.1, 0.15) is 22.5 Å². The molecule has 0 spiro atoms. The Kier molecular flexibility index (Phi) is 4.06. The molecule has 1 heterocycles. The maximum absolute atomic E-state index is 12.6. The minimum Gasteiger partial charge on any atom is -0.497 e. The van der Waals surface area contributed by atoms with Crippen molar-refractivity contribution in [1.29, 1.82) is 0 Å². The number of fused-ring (bicyclic) bond motifs is 2. The number of carbonyl (C=O) groups excluding carboxylic acids is 1. The van der Waals surface area contributed by atoms with E-state index in [0.29, 0.717) is 22.4 Å². The Labute approximate surface area is 144 Å². The van der Waals surface area contributed by atoms with Crippen LogP contribution in [0.25, 0.3) is 11.3 Å². The summed E-state index contributed by atoms with van der Waals surface area (Å²) in [5.41, 5.74) is 1.51. The second-order valence-electron chi connectivity index (χ2n) is 6.43. The zero-order chi connectivity index (χ0) is 16.5. The first-order valence-corrected chi connectivity index (χ1v) is 8.95.